The smallest absolute Gasteiger partial charge is 0.331 e. The minimum Gasteiger partial charge on any atom is -0.454 e. The van der Waals surface area contributed by atoms with Crippen molar-refractivity contribution in [1.29, 1.82) is 0 Å². The van der Waals surface area contributed by atoms with Crippen molar-refractivity contribution in [2.24, 2.45) is 0 Å². The first-order valence-corrected chi connectivity index (χ1v) is 9.79. The summed E-state index contributed by atoms with van der Waals surface area (Å²) in [6, 6.07) is 17.2. The second-order valence-electron chi connectivity index (χ2n) is 7.02. The second kappa shape index (κ2) is 10.8. The molecular formula is C22H23N5O4. The minimum absolute atomic E-state index is 0.181. The van der Waals surface area contributed by atoms with E-state index in [2.05, 4.69) is 20.8 Å². The first kappa shape index (κ1) is 21.8. The van der Waals surface area contributed by atoms with Crippen LogP contribution in [0.15, 0.2) is 67.0 Å². The van der Waals surface area contributed by atoms with Crippen molar-refractivity contribution in [2.45, 2.75) is 31.8 Å². The molecule has 9 nitrogen and oxygen atoms in total. The molecule has 31 heavy (non-hydrogen) atoms. The average Bonchev–Trinajstić information content (AvgIpc) is 3.31. The van der Waals surface area contributed by atoms with Gasteiger partial charge >= 0.3 is 5.97 Å². The number of carbonyl (C=O) groups is 3. The Hall–Kier alpha value is -3.88. The van der Waals surface area contributed by atoms with Gasteiger partial charge in [0.15, 0.2) is 18.4 Å². The molecule has 1 amide bonds. The third-order valence-electron chi connectivity index (χ3n) is 4.68. The highest BCUT2D eigenvalue weighted by molar-refractivity contribution is 5.89. The lowest BCUT2D eigenvalue weighted by Gasteiger charge is -2.18. The summed E-state index contributed by atoms with van der Waals surface area (Å²) < 4.78 is 6.51. The number of hydrogen-bond donors (Lipinski definition) is 1. The molecule has 0 fully saturated rings. The van der Waals surface area contributed by atoms with Crippen LogP contribution in [0.3, 0.4) is 0 Å². The first-order chi connectivity index (χ1) is 15.0. The Labute approximate surface area is 179 Å². The van der Waals surface area contributed by atoms with E-state index >= 15 is 0 Å². The predicted molar refractivity (Wildman–Crippen MR) is 111 cm³/mol. The van der Waals surface area contributed by atoms with Gasteiger partial charge in [0.05, 0.1) is 6.04 Å². The highest BCUT2D eigenvalue weighted by Gasteiger charge is 2.25. The van der Waals surface area contributed by atoms with Crippen LogP contribution >= 0.6 is 0 Å². The van der Waals surface area contributed by atoms with Crippen molar-refractivity contribution in [3.05, 3.63) is 78.1 Å². The number of rotatable bonds is 10. The summed E-state index contributed by atoms with van der Waals surface area (Å²) in [4.78, 5) is 36.9. The Balaban J connectivity index is 1.59. The van der Waals surface area contributed by atoms with Crippen LogP contribution in [0.5, 0.6) is 0 Å². The number of carbonyl (C=O) groups excluding carboxylic acids is 3. The summed E-state index contributed by atoms with van der Waals surface area (Å²) >= 11 is 0. The molecule has 2 atom stereocenters. The topological polar surface area (TPSA) is 116 Å². The molecule has 3 aromatic rings. The van der Waals surface area contributed by atoms with E-state index in [1.165, 1.54) is 17.9 Å². The number of tetrazole rings is 1. The lowest BCUT2D eigenvalue weighted by Crippen LogP contribution is -2.43. The highest BCUT2D eigenvalue weighted by atomic mass is 16.5. The molecule has 0 spiro atoms. The van der Waals surface area contributed by atoms with Gasteiger partial charge in [-0.1, -0.05) is 60.7 Å². The Morgan fingerprint density at radius 3 is 2.13 bits per heavy atom. The van der Waals surface area contributed by atoms with Crippen molar-refractivity contribution >= 4 is 17.7 Å². The van der Waals surface area contributed by atoms with Gasteiger partial charge in [-0.25, -0.2) is 9.48 Å². The Morgan fingerprint density at radius 2 is 1.58 bits per heavy atom. The number of ether oxygens (including phenoxy) is 1. The maximum atomic E-state index is 12.7. The van der Waals surface area contributed by atoms with E-state index in [0.717, 1.165) is 11.1 Å². The standard InChI is InChI=1S/C22H23N5O4/c1-16(28)19(12-17-8-4-2-5-9-17)24-21(29)14-31-22(30)20(27-15-23-25-26-27)13-18-10-6-3-7-11-18/h2-11,15,19-20H,12-14H2,1H3,(H,24,29)/t19-,20-/m1/s1. The van der Waals surface area contributed by atoms with Gasteiger partial charge in [-0.15, -0.1) is 5.10 Å². The zero-order chi connectivity index (χ0) is 22.1. The molecule has 1 N–H and O–H groups in total. The van der Waals surface area contributed by atoms with Crippen molar-refractivity contribution in [3.8, 4) is 0 Å². The van der Waals surface area contributed by atoms with Gasteiger partial charge in [-0.2, -0.15) is 0 Å². The molecule has 0 aliphatic carbocycles. The van der Waals surface area contributed by atoms with Gasteiger partial charge in [-0.3, -0.25) is 9.59 Å². The number of hydrogen-bond acceptors (Lipinski definition) is 7. The molecule has 0 unspecified atom stereocenters. The molecule has 1 aromatic heterocycles. The van der Waals surface area contributed by atoms with Crippen molar-refractivity contribution in [2.75, 3.05) is 6.61 Å². The second-order valence-corrected chi connectivity index (χ2v) is 7.02. The summed E-state index contributed by atoms with van der Waals surface area (Å²) in [5.41, 5.74) is 1.81. The number of esters is 1. The van der Waals surface area contributed by atoms with E-state index in [9.17, 15) is 14.4 Å². The zero-order valence-corrected chi connectivity index (χ0v) is 17.0. The third kappa shape index (κ3) is 6.56. The van der Waals surface area contributed by atoms with E-state index in [0.29, 0.717) is 12.8 Å². The number of amides is 1. The Kier molecular flexibility index (Phi) is 7.58. The third-order valence-corrected chi connectivity index (χ3v) is 4.68. The Bertz CT molecular complexity index is 993. The monoisotopic (exact) mass is 421 g/mol. The van der Waals surface area contributed by atoms with Crippen LogP contribution in [0, 0.1) is 0 Å². The van der Waals surface area contributed by atoms with Gasteiger partial charge in [-0.05, 0) is 34.9 Å². The molecule has 0 saturated heterocycles. The predicted octanol–water partition coefficient (Wildman–Crippen LogP) is 1.32. The van der Waals surface area contributed by atoms with Gasteiger partial charge in [0, 0.05) is 6.42 Å². The summed E-state index contributed by atoms with van der Waals surface area (Å²) in [6.07, 6.45) is 1.98. The van der Waals surface area contributed by atoms with Crippen LogP contribution in [0.25, 0.3) is 0 Å². The van der Waals surface area contributed by atoms with E-state index < -0.39 is 30.6 Å². The molecular weight excluding hydrogens is 398 g/mol. The van der Waals surface area contributed by atoms with Crippen molar-refractivity contribution in [3.63, 3.8) is 0 Å². The molecule has 2 aromatic carbocycles. The highest BCUT2D eigenvalue weighted by Crippen LogP contribution is 2.15. The SMILES string of the molecule is CC(=O)[C@@H](Cc1ccccc1)NC(=O)COC(=O)[C@@H](Cc1ccccc1)n1cnnn1. The van der Waals surface area contributed by atoms with Crippen LogP contribution in [-0.2, 0) is 32.0 Å². The van der Waals surface area contributed by atoms with Gasteiger partial charge < -0.3 is 10.1 Å². The zero-order valence-electron chi connectivity index (χ0n) is 17.0. The Morgan fingerprint density at radius 1 is 0.968 bits per heavy atom. The molecule has 0 saturated carbocycles. The normalized spacial score (nSPS) is 12.5. The minimum atomic E-state index is -0.821. The number of nitrogens with zero attached hydrogens (tertiary/aromatic N) is 4. The lowest BCUT2D eigenvalue weighted by molar-refractivity contribution is -0.152. The number of benzene rings is 2. The van der Waals surface area contributed by atoms with E-state index in [4.69, 9.17) is 4.74 Å². The van der Waals surface area contributed by atoms with Gasteiger partial charge in [0.25, 0.3) is 5.91 Å². The summed E-state index contributed by atoms with van der Waals surface area (Å²) in [6.45, 7) is 0.901. The van der Waals surface area contributed by atoms with E-state index in [1.807, 2.05) is 60.7 Å². The number of ketones is 1. The van der Waals surface area contributed by atoms with Crippen LogP contribution in [-0.4, -0.2) is 50.5 Å². The summed E-state index contributed by atoms with van der Waals surface area (Å²) in [5, 5.41) is 13.6. The molecule has 0 bridgehead atoms. The van der Waals surface area contributed by atoms with Gasteiger partial charge in [0.2, 0.25) is 0 Å². The fourth-order valence-electron chi connectivity index (χ4n) is 3.05. The van der Waals surface area contributed by atoms with E-state index in [1.54, 1.807) is 0 Å². The number of Topliss-reactive ketones (excluding diaryl/α,β-unsaturated/α-hetero) is 1. The largest absolute Gasteiger partial charge is 0.454 e. The molecule has 3 rings (SSSR count). The van der Waals surface area contributed by atoms with Crippen LogP contribution in [0.1, 0.15) is 24.1 Å². The maximum Gasteiger partial charge on any atom is 0.331 e. The van der Waals surface area contributed by atoms with Crippen molar-refractivity contribution in [1.82, 2.24) is 25.5 Å². The summed E-state index contributed by atoms with van der Waals surface area (Å²) in [7, 11) is 0. The van der Waals surface area contributed by atoms with Gasteiger partial charge in [0.1, 0.15) is 6.33 Å². The van der Waals surface area contributed by atoms with Crippen LogP contribution in [0.2, 0.25) is 0 Å². The first-order valence-electron chi connectivity index (χ1n) is 9.79. The average molecular weight is 421 g/mol. The lowest BCUT2D eigenvalue weighted by atomic mass is 10.0. The fraction of sp³-hybridized carbons (Fsp3) is 0.273. The van der Waals surface area contributed by atoms with Crippen LogP contribution in [0.4, 0.5) is 0 Å². The number of nitrogens with one attached hydrogen (secondary N) is 1. The molecule has 0 aliphatic heterocycles. The van der Waals surface area contributed by atoms with E-state index in [-0.39, 0.29) is 5.78 Å². The van der Waals surface area contributed by atoms with Crippen molar-refractivity contribution < 1.29 is 19.1 Å². The molecule has 160 valence electrons. The number of aromatic nitrogens is 4. The molecule has 0 aliphatic rings. The quantitative estimate of drug-likeness (QED) is 0.491. The molecule has 0 radical (unpaired) electrons. The molecule has 1 heterocycles. The van der Waals surface area contributed by atoms with Crippen LogP contribution < -0.4 is 5.32 Å². The fourth-order valence-corrected chi connectivity index (χ4v) is 3.05. The maximum absolute atomic E-state index is 12.7. The molecule has 9 heteroatoms. The summed E-state index contributed by atoms with van der Waals surface area (Å²) in [5.74, 6) is -1.38.